The van der Waals surface area contributed by atoms with Crippen LogP contribution in [0.15, 0.2) is 40.6 Å². The molecule has 2 aromatic rings. The van der Waals surface area contributed by atoms with Crippen molar-refractivity contribution in [3.05, 3.63) is 46.2 Å². The number of methoxy groups -OCH3 is 1. The van der Waals surface area contributed by atoms with Gasteiger partial charge in [0.15, 0.2) is 0 Å². The number of hydrogen-bond acceptors (Lipinski definition) is 5. The van der Waals surface area contributed by atoms with Gasteiger partial charge in [-0.25, -0.2) is 8.42 Å². The van der Waals surface area contributed by atoms with Crippen molar-refractivity contribution < 1.29 is 17.9 Å². The summed E-state index contributed by atoms with van der Waals surface area (Å²) >= 11 is 1.49. The molecule has 0 saturated carbocycles. The van der Waals surface area contributed by atoms with Crippen LogP contribution in [0, 0.1) is 0 Å². The van der Waals surface area contributed by atoms with E-state index in [9.17, 15) is 13.2 Å². The Labute approximate surface area is 146 Å². The molecule has 8 heteroatoms. The molecule has 1 amide bonds. The maximum Gasteiger partial charge on any atom is 0.255 e. The summed E-state index contributed by atoms with van der Waals surface area (Å²) in [6.45, 7) is 2.51. The Morgan fingerprint density at radius 1 is 1.33 bits per heavy atom. The largest absolute Gasteiger partial charge is 0.496 e. The van der Waals surface area contributed by atoms with Gasteiger partial charge in [0.05, 0.1) is 17.6 Å². The predicted octanol–water partition coefficient (Wildman–Crippen LogP) is 2.33. The van der Waals surface area contributed by atoms with Crippen LogP contribution < -0.4 is 10.1 Å². The minimum absolute atomic E-state index is 0.0589. The Morgan fingerprint density at radius 2 is 2.08 bits per heavy atom. The van der Waals surface area contributed by atoms with Gasteiger partial charge in [0.1, 0.15) is 5.75 Å². The summed E-state index contributed by atoms with van der Waals surface area (Å²) in [5, 5.41) is 4.55. The number of sulfonamides is 1. The van der Waals surface area contributed by atoms with Crippen molar-refractivity contribution in [2.24, 2.45) is 0 Å². The standard InChI is InChI=1S/C16H20N2O4S2/c1-4-17-16(19)14-10-13(7-8-15(14)22-3)24(20,21)18(2)11-12-6-5-9-23-12/h5-10H,4,11H2,1-3H3,(H,17,19). The predicted molar refractivity (Wildman–Crippen MR) is 94.0 cm³/mol. The van der Waals surface area contributed by atoms with Crippen LogP contribution in [0.1, 0.15) is 22.2 Å². The Kier molecular flexibility index (Phi) is 5.98. The zero-order valence-electron chi connectivity index (χ0n) is 13.8. The minimum atomic E-state index is -3.71. The molecule has 0 radical (unpaired) electrons. The fourth-order valence-corrected chi connectivity index (χ4v) is 4.18. The van der Waals surface area contributed by atoms with Crippen molar-refractivity contribution >= 4 is 27.3 Å². The van der Waals surface area contributed by atoms with Crippen LogP contribution in [-0.4, -0.2) is 39.3 Å². The summed E-state index contributed by atoms with van der Waals surface area (Å²) in [5.74, 6) is -0.0341. The molecule has 1 aromatic heterocycles. The molecule has 1 aromatic carbocycles. The van der Waals surface area contributed by atoms with Gasteiger partial charge in [-0.2, -0.15) is 4.31 Å². The highest BCUT2D eigenvalue weighted by Crippen LogP contribution is 2.25. The van der Waals surface area contributed by atoms with Crippen LogP contribution in [0.4, 0.5) is 0 Å². The van der Waals surface area contributed by atoms with Crippen LogP contribution in [-0.2, 0) is 16.6 Å². The molecular formula is C16H20N2O4S2. The highest BCUT2D eigenvalue weighted by Gasteiger charge is 2.24. The van der Waals surface area contributed by atoms with Crippen LogP contribution in [0.5, 0.6) is 5.75 Å². The molecular weight excluding hydrogens is 348 g/mol. The summed E-state index contributed by atoms with van der Waals surface area (Å²) in [7, 11) is -0.748. The first kappa shape index (κ1) is 18.4. The lowest BCUT2D eigenvalue weighted by Crippen LogP contribution is -2.27. The molecule has 0 unspecified atom stereocenters. The van der Waals surface area contributed by atoms with Gasteiger partial charge in [0.2, 0.25) is 10.0 Å². The molecule has 0 fully saturated rings. The van der Waals surface area contributed by atoms with E-state index in [1.165, 1.54) is 48.0 Å². The highest BCUT2D eigenvalue weighted by atomic mass is 32.2. The molecule has 130 valence electrons. The number of carbonyl (C=O) groups excluding carboxylic acids is 1. The summed E-state index contributed by atoms with van der Waals surface area (Å²) in [6.07, 6.45) is 0. The van der Waals surface area contributed by atoms with E-state index in [1.807, 2.05) is 17.5 Å². The number of ether oxygens (including phenoxy) is 1. The van der Waals surface area contributed by atoms with Crippen LogP contribution >= 0.6 is 11.3 Å². The number of thiophene rings is 1. The third-order valence-corrected chi connectivity index (χ3v) is 6.08. The number of rotatable bonds is 7. The van der Waals surface area contributed by atoms with Gasteiger partial charge in [0.25, 0.3) is 5.91 Å². The zero-order chi connectivity index (χ0) is 17.7. The third-order valence-electron chi connectivity index (χ3n) is 3.42. The van der Waals surface area contributed by atoms with E-state index in [0.717, 1.165) is 4.88 Å². The SMILES string of the molecule is CCNC(=O)c1cc(S(=O)(=O)N(C)Cc2cccs2)ccc1OC. The van der Waals surface area contributed by atoms with E-state index in [2.05, 4.69) is 5.32 Å². The number of nitrogens with one attached hydrogen (secondary N) is 1. The smallest absolute Gasteiger partial charge is 0.255 e. The van der Waals surface area contributed by atoms with E-state index in [4.69, 9.17) is 4.74 Å². The van der Waals surface area contributed by atoms with E-state index in [-0.39, 0.29) is 22.9 Å². The molecule has 0 bridgehead atoms. The van der Waals surface area contributed by atoms with Gasteiger partial charge < -0.3 is 10.1 Å². The quantitative estimate of drug-likeness (QED) is 0.814. The summed E-state index contributed by atoms with van der Waals surface area (Å²) in [6, 6.07) is 8.05. The first-order valence-electron chi connectivity index (χ1n) is 7.35. The van der Waals surface area contributed by atoms with Crippen molar-refractivity contribution in [2.75, 3.05) is 20.7 Å². The second kappa shape index (κ2) is 7.78. The van der Waals surface area contributed by atoms with Crippen molar-refractivity contribution in [3.8, 4) is 5.75 Å². The first-order valence-corrected chi connectivity index (χ1v) is 9.67. The Hall–Kier alpha value is -1.90. The average molecular weight is 368 g/mol. The summed E-state index contributed by atoms with van der Waals surface area (Å²) in [4.78, 5) is 13.1. The Bertz CT molecular complexity index is 801. The molecule has 0 aliphatic rings. The van der Waals surface area contributed by atoms with Crippen molar-refractivity contribution in [2.45, 2.75) is 18.4 Å². The van der Waals surface area contributed by atoms with Crippen molar-refractivity contribution in [1.29, 1.82) is 0 Å². The van der Waals surface area contributed by atoms with Gasteiger partial charge in [0, 0.05) is 25.0 Å². The molecule has 24 heavy (non-hydrogen) atoms. The molecule has 0 aliphatic carbocycles. The lowest BCUT2D eigenvalue weighted by Gasteiger charge is -2.17. The number of amides is 1. The van der Waals surface area contributed by atoms with Gasteiger partial charge >= 0.3 is 0 Å². The molecule has 0 saturated heterocycles. The van der Waals surface area contributed by atoms with E-state index < -0.39 is 10.0 Å². The van der Waals surface area contributed by atoms with Crippen molar-refractivity contribution in [3.63, 3.8) is 0 Å². The maximum absolute atomic E-state index is 12.7. The average Bonchev–Trinajstić information content (AvgIpc) is 3.07. The molecule has 0 atom stereocenters. The van der Waals surface area contributed by atoms with E-state index >= 15 is 0 Å². The molecule has 6 nitrogen and oxygen atoms in total. The molecule has 0 spiro atoms. The van der Waals surface area contributed by atoms with Crippen molar-refractivity contribution in [1.82, 2.24) is 9.62 Å². The third kappa shape index (κ3) is 3.95. The maximum atomic E-state index is 12.7. The summed E-state index contributed by atoms with van der Waals surface area (Å²) in [5.41, 5.74) is 0.199. The number of nitrogens with zero attached hydrogens (tertiary/aromatic N) is 1. The van der Waals surface area contributed by atoms with Gasteiger partial charge in [-0.3, -0.25) is 4.79 Å². The van der Waals surface area contributed by atoms with Gasteiger partial charge in [-0.05, 0) is 36.6 Å². The second-order valence-corrected chi connectivity index (χ2v) is 8.14. The van der Waals surface area contributed by atoms with Crippen LogP contribution in [0.25, 0.3) is 0 Å². The number of benzene rings is 1. The van der Waals surface area contributed by atoms with Crippen LogP contribution in [0.2, 0.25) is 0 Å². The fourth-order valence-electron chi connectivity index (χ4n) is 2.17. The Balaban J connectivity index is 2.35. The fraction of sp³-hybridized carbons (Fsp3) is 0.312. The first-order chi connectivity index (χ1) is 11.4. The normalized spacial score (nSPS) is 11.5. The van der Waals surface area contributed by atoms with Crippen LogP contribution in [0.3, 0.4) is 0 Å². The Morgan fingerprint density at radius 3 is 2.67 bits per heavy atom. The molecule has 1 heterocycles. The molecule has 0 aliphatic heterocycles. The van der Waals surface area contributed by atoms with Gasteiger partial charge in [-0.1, -0.05) is 6.07 Å². The lowest BCUT2D eigenvalue weighted by atomic mass is 10.2. The highest BCUT2D eigenvalue weighted by molar-refractivity contribution is 7.89. The second-order valence-electron chi connectivity index (χ2n) is 5.06. The number of hydrogen-bond donors (Lipinski definition) is 1. The lowest BCUT2D eigenvalue weighted by molar-refractivity contribution is 0.0952. The molecule has 1 N–H and O–H groups in total. The molecule has 2 rings (SSSR count). The minimum Gasteiger partial charge on any atom is -0.496 e. The van der Waals surface area contributed by atoms with E-state index in [1.54, 1.807) is 6.92 Å². The zero-order valence-corrected chi connectivity index (χ0v) is 15.4. The topological polar surface area (TPSA) is 75.7 Å². The van der Waals surface area contributed by atoms with E-state index in [0.29, 0.717) is 12.3 Å². The summed E-state index contributed by atoms with van der Waals surface area (Å²) < 4.78 is 31.9. The number of carbonyl (C=O) groups is 1. The monoisotopic (exact) mass is 368 g/mol. The van der Waals surface area contributed by atoms with Gasteiger partial charge in [-0.15, -0.1) is 11.3 Å².